The van der Waals surface area contributed by atoms with Crippen molar-refractivity contribution in [2.45, 2.75) is 39.3 Å². The monoisotopic (exact) mass is 236 g/mol. The van der Waals surface area contributed by atoms with E-state index >= 15 is 0 Å². The number of hydrogen-bond acceptors (Lipinski definition) is 3. The fraction of sp³-hybridized carbons (Fsp3) is 0.615. The van der Waals surface area contributed by atoms with Crippen LogP contribution < -0.4 is 11.1 Å². The lowest BCUT2D eigenvalue weighted by molar-refractivity contribution is 0.545. The van der Waals surface area contributed by atoms with E-state index in [1.165, 1.54) is 5.56 Å². The number of aromatic nitrogens is 2. The second kappa shape index (κ2) is 8.03. The van der Waals surface area contributed by atoms with E-state index in [1.807, 2.05) is 17.8 Å². The van der Waals surface area contributed by atoms with Crippen molar-refractivity contribution in [1.29, 1.82) is 0 Å². The summed E-state index contributed by atoms with van der Waals surface area (Å²) < 4.78 is 1.98. The molecule has 1 rings (SSSR count). The zero-order valence-electron chi connectivity index (χ0n) is 10.9. The zero-order chi connectivity index (χ0) is 12.5. The first-order chi connectivity index (χ1) is 8.31. The van der Waals surface area contributed by atoms with Crippen molar-refractivity contribution < 1.29 is 0 Å². The molecule has 1 atom stereocenters. The molecule has 0 saturated heterocycles. The quantitative estimate of drug-likeness (QED) is 0.535. The van der Waals surface area contributed by atoms with Gasteiger partial charge in [-0.25, -0.2) is 0 Å². The van der Waals surface area contributed by atoms with E-state index in [9.17, 15) is 0 Å². The predicted molar refractivity (Wildman–Crippen MR) is 71.7 cm³/mol. The molecule has 0 aliphatic carbocycles. The largest absolute Gasteiger partial charge is 0.329 e. The van der Waals surface area contributed by atoms with E-state index < -0.39 is 0 Å². The van der Waals surface area contributed by atoms with Crippen molar-refractivity contribution in [2.75, 3.05) is 13.1 Å². The Kier molecular flexibility index (Phi) is 6.58. The Morgan fingerprint density at radius 3 is 3.06 bits per heavy atom. The van der Waals surface area contributed by atoms with Crippen LogP contribution in [0.5, 0.6) is 0 Å². The Hall–Kier alpha value is -1.13. The standard InChI is InChI=1S/C13H24N4/c1-3-5-6-7-15-13(9-14)12-10-16-17(11-12)8-4-2/h3,5,10-11,13,15H,4,6-9,14H2,1-2H3/b5-3+. The van der Waals surface area contributed by atoms with Crippen molar-refractivity contribution >= 4 is 0 Å². The van der Waals surface area contributed by atoms with E-state index in [0.717, 1.165) is 25.9 Å². The predicted octanol–water partition coefficient (Wildman–Crippen LogP) is 1.85. The summed E-state index contributed by atoms with van der Waals surface area (Å²) in [5.74, 6) is 0. The summed E-state index contributed by atoms with van der Waals surface area (Å²) in [7, 11) is 0. The highest BCUT2D eigenvalue weighted by Crippen LogP contribution is 2.10. The second-order valence-corrected chi connectivity index (χ2v) is 4.14. The van der Waals surface area contributed by atoms with Gasteiger partial charge >= 0.3 is 0 Å². The van der Waals surface area contributed by atoms with Gasteiger partial charge in [-0.15, -0.1) is 0 Å². The van der Waals surface area contributed by atoms with Crippen LogP contribution in [0.1, 0.15) is 38.3 Å². The molecule has 3 N–H and O–H groups in total. The molecule has 0 amide bonds. The highest BCUT2D eigenvalue weighted by molar-refractivity contribution is 5.10. The first-order valence-electron chi connectivity index (χ1n) is 6.38. The van der Waals surface area contributed by atoms with Gasteiger partial charge in [-0.2, -0.15) is 5.10 Å². The summed E-state index contributed by atoms with van der Waals surface area (Å²) in [6, 6.07) is 0.214. The molecule has 0 spiro atoms. The highest BCUT2D eigenvalue weighted by atomic mass is 15.3. The molecule has 4 heteroatoms. The minimum atomic E-state index is 0.214. The van der Waals surface area contributed by atoms with Crippen LogP contribution in [0.2, 0.25) is 0 Å². The van der Waals surface area contributed by atoms with Gasteiger partial charge in [-0.05, 0) is 26.3 Å². The second-order valence-electron chi connectivity index (χ2n) is 4.14. The van der Waals surface area contributed by atoms with Crippen molar-refractivity contribution in [3.05, 3.63) is 30.1 Å². The van der Waals surface area contributed by atoms with Crippen molar-refractivity contribution in [2.24, 2.45) is 5.73 Å². The van der Waals surface area contributed by atoms with E-state index in [2.05, 4.69) is 35.7 Å². The summed E-state index contributed by atoms with van der Waals surface area (Å²) in [6.07, 6.45) is 10.4. The Bertz CT molecular complexity index is 330. The fourth-order valence-electron chi connectivity index (χ4n) is 1.76. The van der Waals surface area contributed by atoms with Gasteiger partial charge in [0.05, 0.1) is 6.20 Å². The Balaban J connectivity index is 2.47. The summed E-state index contributed by atoms with van der Waals surface area (Å²) in [6.45, 7) is 6.71. The Morgan fingerprint density at radius 1 is 1.59 bits per heavy atom. The lowest BCUT2D eigenvalue weighted by Gasteiger charge is -2.14. The minimum absolute atomic E-state index is 0.214. The van der Waals surface area contributed by atoms with Crippen molar-refractivity contribution in [3.63, 3.8) is 0 Å². The maximum atomic E-state index is 5.79. The fourth-order valence-corrected chi connectivity index (χ4v) is 1.76. The van der Waals surface area contributed by atoms with Crippen LogP contribution >= 0.6 is 0 Å². The Labute approximate surface area is 104 Å². The van der Waals surface area contributed by atoms with Crippen LogP contribution in [0, 0.1) is 0 Å². The average molecular weight is 236 g/mol. The number of nitrogens with two attached hydrogens (primary N) is 1. The lowest BCUT2D eigenvalue weighted by atomic mass is 10.1. The third-order valence-corrected chi connectivity index (χ3v) is 2.68. The van der Waals surface area contributed by atoms with Crippen molar-refractivity contribution in [1.82, 2.24) is 15.1 Å². The maximum Gasteiger partial charge on any atom is 0.0538 e. The van der Waals surface area contributed by atoms with Gasteiger partial charge in [-0.1, -0.05) is 19.1 Å². The van der Waals surface area contributed by atoms with Crippen LogP contribution in [0.15, 0.2) is 24.5 Å². The first-order valence-corrected chi connectivity index (χ1v) is 6.38. The van der Waals surface area contributed by atoms with Crippen LogP contribution in [0.4, 0.5) is 0 Å². The molecule has 1 aromatic rings. The number of nitrogens with one attached hydrogen (secondary N) is 1. The number of allylic oxidation sites excluding steroid dienone is 1. The molecule has 0 aliphatic heterocycles. The SMILES string of the molecule is C/C=C/CCNC(CN)c1cnn(CCC)c1. The smallest absolute Gasteiger partial charge is 0.0538 e. The summed E-state index contributed by atoms with van der Waals surface area (Å²) in [4.78, 5) is 0. The molecule has 0 aliphatic rings. The van der Waals surface area contributed by atoms with Crippen LogP contribution in [-0.2, 0) is 6.54 Å². The topological polar surface area (TPSA) is 55.9 Å². The number of hydrogen-bond donors (Lipinski definition) is 2. The van der Waals surface area contributed by atoms with E-state index in [-0.39, 0.29) is 6.04 Å². The van der Waals surface area contributed by atoms with E-state index in [0.29, 0.717) is 6.54 Å². The molecule has 0 saturated carbocycles. The van der Waals surface area contributed by atoms with E-state index in [4.69, 9.17) is 5.73 Å². The molecule has 17 heavy (non-hydrogen) atoms. The average Bonchev–Trinajstić information content (AvgIpc) is 2.78. The van der Waals surface area contributed by atoms with E-state index in [1.54, 1.807) is 0 Å². The molecule has 1 aromatic heterocycles. The third kappa shape index (κ3) is 4.71. The minimum Gasteiger partial charge on any atom is -0.329 e. The molecular formula is C13H24N4. The van der Waals surface area contributed by atoms with Gasteiger partial charge in [0.15, 0.2) is 0 Å². The number of rotatable bonds is 8. The van der Waals surface area contributed by atoms with Crippen LogP contribution in [-0.4, -0.2) is 22.9 Å². The molecular weight excluding hydrogens is 212 g/mol. The molecule has 0 bridgehead atoms. The maximum absolute atomic E-state index is 5.79. The van der Waals surface area contributed by atoms with Gasteiger partial charge in [0.25, 0.3) is 0 Å². The van der Waals surface area contributed by atoms with Gasteiger partial charge < -0.3 is 11.1 Å². The van der Waals surface area contributed by atoms with Gasteiger partial charge in [0.1, 0.15) is 0 Å². The number of nitrogens with zero attached hydrogens (tertiary/aromatic N) is 2. The first kappa shape index (κ1) is 13.9. The molecule has 0 radical (unpaired) electrons. The van der Waals surface area contributed by atoms with Crippen LogP contribution in [0.25, 0.3) is 0 Å². The zero-order valence-corrected chi connectivity index (χ0v) is 10.9. The third-order valence-electron chi connectivity index (χ3n) is 2.68. The lowest BCUT2D eigenvalue weighted by Crippen LogP contribution is -2.28. The van der Waals surface area contributed by atoms with Crippen molar-refractivity contribution in [3.8, 4) is 0 Å². The Morgan fingerprint density at radius 2 is 2.41 bits per heavy atom. The molecule has 1 unspecified atom stereocenters. The summed E-state index contributed by atoms with van der Waals surface area (Å²) in [5.41, 5.74) is 6.97. The molecule has 1 heterocycles. The molecule has 0 fully saturated rings. The van der Waals surface area contributed by atoms with Crippen LogP contribution in [0.3, 0.4) is 0 Å². The molecule has 96 valence electrons. The molecule has 0 aromatic carbocycles. The van der Waals surface area contributed by atoms with Gasteiger partial charge in [0.2, 0.25) is 0 Å². The molecule has 4 nitrogen and oxygen atoms in total. The van der Waals surface area contributed by atoms with Gasteiger partial charge in [-0.3, -0.25) is 4.68 Å². The summed E-state index contributed by atoms with van der Waals surface area (Å²) in [5, 5.41) is 7.77. The number of aryl methyl sites for hydroxylation is 1. The van der Waals surface area contributed by atoms with Gasteiger partial charge in [0, 0.05) is 30.9 Å². The summed E-state index contributed by atoms with van der Waals surface area (Å²) >= 11 is 0. The normalized spacial score (nSPS) is 13.4. The highest BCUT2D eigenvalue weighted by Gasteiger charge is 2.10.